The van der Waals surface area contributed by atoms with Crippen LogP contribution in [0.5, 0.6) is 17.2 Å². The fraction of sp³-hybridized carbons (Fsp3) is 0.226. The first-order chi connectivity index (χ1) is 18.9. The van der Waals surface area contributed by atoms with E-state index in [0.29, 0.717) is 36.5 Å². The number of carbonyl (C=O) groups is 2. The first-order valence-corrected chi connectivity index (χ1v) is 12.9. The van der Waals surface area contributed by atoms with Crippen molar-refractivity contribution in [3.8, 4) is 17.2 Å². The molecule has 1 saturated heterocycles. The number of aromatic amines is 1. The number of nitrogens with zero attached hydrogens (tertiary/aromatic N) is 1. The number of Topliss-reactive ketones (excluding diaryl/α,β-unsaturated/α-hetero) is 1. The molecule has 1 aromatic heterocycles. The number of phenols is 1. The summed E-state index contributed by atoms with van der Waals surface area (Å²) in [5.41, 5.74) is 2.92. The number of aromatic nitrogens is 1. The Hall–Kier alpha value is -4.72. The summed E-state index contributed by atoms with van der Waals surface area (Å²) in [7, 11) is 0. The molecular formula is C31H30N2O6. The van der Waals surface area contributed by atoms with Crippen molar-refractivity contribution in [2.45, 2.75) is 26.3 Å². The first-order valence-electron chi connectivity index (χ1n) is 12.9. The summed E-state index contributed by atoms with van der Waals surface area (Å²) in [6.45, 7) is 4.73. The third-order valence-electron chi connectivity index (χ3n) is 6.88. The van der Waals surface area contributed by atoms with Crippen LogP contribution in [0.2, 0.25) is 0 Å². The largest absolute Gasteiger partial charge is 0.507 e. The SMILES string of the molecule is CCOc1ccc(/C(O)=C2/C(=O)C(=O)N(CCc3c[nH]c4ccccc34)C2c2ccc(O)c(OCC)c2)cc1. The van der Waals surface area contributed by atoms with Crippen LogP contribution in [0.3, 0.4) is 0 Å². The van der Waals surface area contributed by atoms with Gasteiger partial charge < -0.3 is 29.6 Å². The van der Waals surface area contributed by atoms with Gasteiger partial charge in [-0.15, -0.1) is 0 Å². The number of phenolic OH excluding ortho intramolecular Hbond substituents is 1. The Balaban J connectivity index is 1.57. The van der Waals surface area contributed by atoms with Crippen LogP contribution in [0.25, 0.3) is 16.7 Å². The summed E-state index contributed by atoms with van der Waals surface area (Å²) in [6, 6.07) is 18.4. The molecule has 1 atom stereocenters. The van der Waals surface area contributed by atoms with Gasteiger partial charge in [0.15, 0.2) is 11.5 Å². The van der Waals surface area contributed by atoms with Crippen molar-refractivity contribution in [3.63, 3.8) is 0 Å². The maximum Gasteiger partial charge on any atom is 0.295 e. The molecule has 200 valence electrons. The second-order valence-corrected chi connectivity index (χ2v) is 9.22. The van der Waals surface area contributed by atoms with E-state index in [2.05, 4.69) is 4.98 Å². The van der Waals surface area contributed by atoms with Gasteiger partial charge in [0.1, 0.15) is 11.5 Å². The molecule has 39 heavy (non-hydrogen) atoms. The second-order valence-electron chi connectivity index (χ2n) is 9.22. The van der Waals surface area contributed by atoms with Gasteiger partial charge in [-0.25, -0.2) is 0 Å². The quantitative estimate of drug-likeness (QED) is 0.154. The lowest BCUT2D eigenvalue weighted by Gasteiger charge is -2.26. The highest BCUT2D eigenvalue weighted by Crippen LogP contribution is 2.42. The Morgan fingerprint density at radius 2 is 1.72 bits per heavy atom. The van der Waals surface area contributed by atoms with Gasteiger partial charge >= 0.3 is 0 Å². The zero-order valence-electron chi connectivity index (χ0n) is 21.8. The minimum Gasteiger partial charge on any atom is -0.507 e. The standard InChI is InChI=1S/C31H30N2O6/c1-3-38-22-12-9-19(10-13-22)29(35)27-28(20-11-14-25(34)26(17-20)39-4-2)33(31(37)30(27)36)16-15-21-18-32-24-8-6-5-7-23(21)24/h5-14,17-18,28,32,34-35H,3-4,15-16H2,1-2H3/b29-27-. The Kier molecular flexibility index (Phi) is 7.27. The molecule has 1 fully saturated rings. The number of benzene rings is 3. The average Bonchev–Trinajstić information content (AvgIpc) is 3.47. The number of rotatable bonds is 9. The lowest BCUT2D eigenvalue weighted by atomic mass is 9.94. The van der Waals surface area contributed by atoms with Crippen LogP contribution in [-0.4, -0.2) is 51.5 Å². The van der Waals surface area contributed by atoms with Gasteiger partial charge in [0.05, 0.1) is 24.8 Å². The number of aliphatic hydroxyl groups is 1. The molecule has 0 spiro atoms. The van der Waals surface area contributed by atoms with E-state index in [4.69, 9.17) is 9.47 Å². The molecule has 5 rings (SSSR count). The van der Waals surface area contributed by atoms with Gasteiger partial charge in [-0.1, -0.05) is 24.3 Å². The molecule has 1 aliphatic rings. The Morgan fingerprint density at radius 3 is 2.46 bits per heavy atom. The van der Waals surface area contributed by atoms with E-state index in [9.17, 15) is 19.8 Å². The molecule has 0 bridgehead atoms. The number of ether oxygens (including phenoxy) is 2. The molecule has 0 radical (unpaired) electrons. The number of aromatic hydroxyl groups is 1. The molecule has 8 nitrogen and oxygen atoms in total. The van der Waals surface area contributed by atoms with Crippen molar-refractivity contribution in [2.24, 2.45) is 0 Å². The fourth-order valence-electron chi connectivity index (χ4n) is 5.04. The van der Waals surface area contributed by atoms with E-state index in [1.807, 2.05) is 37.4 Å². The van der Waals surface area contributed by atoms with Crippen molar-refractivity contribution in [2.75, 3.05) is 19.8 Å². The van der Waals surface area contributed by atoms with Gasteiger partial charge in [-0.05, 0) is 73.9 Å². The number of ketones is 1. The van der Waals surface area contributed by atoms with Crippen LogP contribution >= 0.6 is 0 Å². The predicted octanol–water partition coefficient (Wildman–Crippen LogP) is 5.34. The topological polar surface area (TPSA) is 112 Å². The van der Waals surface area contributed by atoms with Gasteiger partial charge in [-0.3, -0.25) is 9.59 Å². The number of hydrogen-bond donors (Lipinski definition) is 3. The van der Waals surface area contributed by atoms with E-state index in [-0.39, 0.29) is 29.4 Å². The van der Waals surface area contributed by atoms with E-state index in [1.165, 1.54) is 11.0 Å². The van der Waals surface area contributed by atoms with Gasteiger partial charge in [0.2, 0.25) is 0 Å². The molecule has 1 unspecified atom stereocenters. The summed E-state index contributed by atoms with van der Waals surface area (Å²) in [5, 5.41) is 22.7. The first kappa shape index (κ1) is 25.9. The van der Waals surface area contributed by atoms with Gasteiger partial charge in [0.25, 0.3) is 11.7 Å². The zero-order valence-corrected chi connectivity index (χ0v) is 21.8. The van der Waals surface area contributed by atoms with Crippen molar-refractivity contribution < 1.29 is 29.3 Å². The number of carbonyl (C=O) groups excluding carboxylic acids is 2. The van der Waals surface area contributed by atoms with Crippen molar-refractivity contribution in [3.05, 3.63) is 95.2 Å². The number of amides is 1. The maximum absolute atomic E-state index is 13.4. The molecule has 0 saturated carbocycles. The lowest BCUT2D eigenvalue weighted by Crippen LogP contribution is -2.31. The summed E-state index contributed by atoms with van der Waals surface area (Å²) in [6.07, 6.45) is 2.40. The monoisotopic (exact) mass is 526 g/mol. The molecule has 1 amide bonds. The van der Waals surface area contributed by atoms with Crippen LogP contribution in [0.1, 0.15) is 36.6 Å². The Bertz CT molecular complexity index is 1550. The third-order valence-corrected chi connectivity index (χ3v) is 6.88. The van der Waals surface area contributed by atoms with Crippen LogP contribution in [0.4, 0.5) is 0 Å². The van der Waals surface area contributed by atoms with E-state index in [1.54, 1.807) is 43.3 Å². The fourth-order valence-corrected chi connectivity index (χ4v) is 5.04. The van der Waals surface area contributed by atoms with Crippen LogP contribution in [0.15, 0.2) is 78.5 Å². The number of hydrogen-bond acceptors (Lipinski definition) is 6. The molecule has 3 aromatic carbocycles. The van der Waals surface area contributed by atoms with E-state index < -0.39 is 17.7 Å². The van der Waals surface area contributed by atoms with Gasteiger partial charge in [-0.2, -0.15) is 0 Å². The smallest absolute Gasteiger partial charge is 0.295 e. The van der Waals surface area contributed by atoms with Crippen molar-refractivity contribution in [1.29, 1.82) is 0 Å². The van der Waals surface area contributed by atoms with Crippen LogP contribution in [0, 0.1) is 0 Å². The highest BCUT2D eigenvalue weighted by atomic mass is 16.5. The second kappa shape index (κ2) is 10.9. The van der Waals surface area contributed by atoms with Crippen LogP contribution < -0.4 is 9.47 Å². The molecule has 8 heteroatoms. The molecule has 1 aliphatic heterocycles. The molecular weight excluding hydrogens is 496 g/mol. The highest BCUT2D eigenvalue weighted by Gasteiger charge is 2.46. The van der Waals surface area contributed by atoms with Crippen molar-refractivity contribution in [1.82, 2.24) is 9.88 Å². The molecule has 2 heterocycles. The number of fused-ring (bicyclic) bond motifs is 1. The normalized spacial score (nSPS) is 16.7. The lowest BCUT2D eigenvalue weighted by molar-refractivity contribution is -0.139. The summed E-state index contributed by atoms with van der Waals surface area (Å²) >= 11 is 0. The van der Waals surface area contributed by atoms with E-state index in [0.717, 1.165) is 16.5 Å². The number of likely N-dealkylation sites (tertiary alicyclic amines) is 1. The summed E-state index contributed by atoms with van der Waals surface area (Å²) < 4.78 is 11.1. The van der Waals surface area contributed by atoms with Gasteiger partial charge in [0, 0.05) is 29.2 Å². The minimum atomic E-state index is -0.874. The maximum atomic E-state index is 13.4. The predicted molar refractivity (Wildman–Crippen MR) is 148 cm³/mol. The van der Waals surface area contributed by atoms with E-state index >= 15 is 0 Å². The number of H-pyrrole nitrogens is 1. The summed E-state index contributed by atoms with van der Waals surface area (Å²) in [5.74, 6) is -0.928. The van der Waals surface area contributed by atoms with Crippen LogP contribution in [-0.2, 0) is 16.0 Å². The van der Waals surface area contributed by atoms with Crippen molar-refractivity contribution >= 4 is 28.4 Å². The average molecular weight is 527 g/mol. The number of para-hydroxylation sites is 1. The zero-order chi connectivity index (χ0) is 27.5. The minimum absolute atomic E-state index is 0.0174. The number of nitrogens with one attached hydrogen (secondary N) is 1. The third kappa shape index (κ3) is 4.93. The molecule has 4 aromatic rings. The number of aliphatic hydroxyl groups excluding tert-OH is 1. The Morgan fingerprint density at radius 1 is 0.974 bits per heavy atom. The Labute approximate surface area is 226 Å². The molecule has 0 aliphatic carbocycles. The highest BCUT2D eigenvalue weighted by molar-refractivity contribution is 6.46. The summed E-state index contributed by atoms with van der Waals surface area (Å²) in [4.78, 5) is 31.5. The molecule has 3 N–H and O–H groups in total.